The summed E-state index contributed by atoms with van der Waals surface area (Å²) in [5.41, 5.74) is 0.522. The highest BCUT2D eigenvalue weighted by Crippen LogP contribution is 2.27. The molecule has 1 amide bonds. The molecular weight excluding hydrogens is 282 g/mol. The molecule has 2 rings (SSSR count). The van der Waals surface area contributed by atoms with Crippen molar-refractivity contribution >= 4 is 5.91 Å². The third-order valence-corrected chi connectivity index (χ3v) is 2.90. The summed E-state index contributed by atoms with van der Waals surface area (Å²) >= 11 is 0. The lowest BCUT2D eigenvalue weighted by atomic mass is 10.1. The van der Waals surface area contributed by atoms with Crippen LogP contribution in [0.5, 0.6) is 5.75 Å². The van der Waals surface area contributed by atoms with E-state index in [1.165, 1.54) is 0 Å². The molecule has 0 saturated carbocycles. The molecule has 2 aromatic rings. The Labute approximate surface area is 129 Å². The van der Waals surface area contributed by atoms with Gasteiger partial charge in [-0.1, -0.05) is 17.3 Å². The van der Waals surface area contributed by atoms with Crippen molar-refractivity contribution < 1.29 is 14.1 Å². The fourth-order valence-corrected chi connectivity index (χ4v) is 2.00. The molecule has 1 N–H and O–H groups in total. The first-order valence-electron chi connectivity index (χ1n) is 7.16. The van der Waals surface area contributed by atoms with Gasteiger partial charge in [-0.15, -0.1) is 0 Å². The lowest BCUT2D eigenvalue weighted by molar-refractivity contribution is -0.122. The Morgan fingerprint density at radius 2 is 2.05 bits per heavy atom. The van der Waals surface area contributed by atoms with Crippen molar-refractivity contribution in [1.82, 2.24) is 15.5 Å². The van der Waals surface area contributed by atoms with Crippen LogP contribution >= 0.6 is 0 Å². The second-order valence-electron chi connectivity index (χ2n) is 6.01. The van der Waals surface area contributed by atoms with Crippen LogP contribution in [0.1, 0.15) is 33.1 Å². The highest BCUT2D eigenvalue weighted by Gasteiger charge is 2.16. The second kappa shape index (κ2) is 6.60. The standard InChI is InChI=1S/C16H21N3O3/c1-16(2,3)18-13(20)9-10-14-17-15(19-22-14)11-7-5-6-8-12(11)21-4/h5-8H,9-10H2,1-4H3,(H,18,20). The van der Waals surface area contributed by atoms with Crippen LogP contribution in [0.25, 0.3) is 11.4 Å². The van der Waals surface area contributed by atoms with Crippen molar-refractivity contribution in [1.29, 1.82) is 0 Å². The molecule has 0 saturated heterocycles. The molecule has 6 nitrogen and oxygen atoms in total. The number of rotatable bonds is 5. The number of methoxy groups -OCH3 is 1. The van der Waals surface area contributed by atoms with E-state index in [0.717, 1.165) is 5.56 Å². The Bertz CT molecular complexity index is 644. The average molecular weight is 303 g/mol. The van der Waals surface area contributed by atoms with Gasteiger partial charge >= 0.3 is 0 Å². The zero-order chi connectivity index (χ0) is 16.2. The van der Waals surface area contributed by atoms with E-state index in [1.54, 1.807) is 7.11 Å². The van der Waals surface area contributed by atoms with Gasteiger partial charge in [-0.25, -0.2) is 0 Å². The predicted molar refractivity (Wildman–Crippen MR) is 82.5 cm³/mol. The van der Waals surface area contributed by atoms with E-state index in [4.69, 9.17) is 9.26 Å². The van der Waals surface area contributed by atoms with Crippen molar-refractivity contribution in [3.05, 3.63) is 30.2 Å². The van der Waals surface area contributed by atoms with E-state index >= 15 is 0 Å². The van der Waals surface area contributed by atoms with Gasteiger partial charge in [0.25, 0.3) is 0 Å². The van der Waals surface area contributed by atoms with E-state index in [9.17, 15) is 4.79 Å². The number of amides is 1. The number of ether oxygens (including phenoxy) is 1. The molecule has 0 unspecified atom stereocenters. The van der Waals surface area contributed by atoms with E-state index in [-0.39, 0.29) is 11.4 Å². The second-order valence-corrected chi connectivity index (χ2v) is 6.01. The highest BCUT2D eigenvalue weighted by atomic mass is 16.5. The summed E-state index contributed by atoms with van der Waals surface area (Å²) in [4.78, 5) is 16.1. The number of hydrogen-bond donors (Lipinski definition) is 1. The number of carbonyl (C=O) groups is 1. The number of para-hydroxylation sites is 1. The number of aromatic nitrogens is 2. The molecule has 0 aliphatic rings. The minimum Gasteiger partial charge on any atom is -0.496 e. The number of hydrogen-bond acceptors (Lipinski definition) is 5. The maximum absolute atomic E-state index is 11.8. The molecule has 1 heterocycles. The van der Waals surface area contributed by atoms with E-state index in [0.29, 0.717) is 30.3 Å². The molecule has 6 heteroatoms. The summed E-state index contributed by atoms with van der Waals surface area (Å²) in [6.07, 6.45) is 0.717. The van der Waals surface area contributed by atoms with Crippen molar-refractivity contribution in [3.8, 4) is 17.1 Å². The molecular formula is C16H21N3O3. The molecule has 0 fully saturated rings. The fourth-order valence-electron chi connectivity index (χ4n) is 2.00. The Morgan fingerprint density at radius 3 is 2.73 bits per heavy atom. The summed E-state index contributed by atoms with van der Waals surface area (Å²) in [5, 5.41) is 6.85. The van der Waals surface area contributed by atoms with Gasteiger partial charge in [-0.05, 0) is 32.9 Å². The fraction of sp³-hybridized carbons (Fsp3) is 0.438. The van der Waals surface area contributed by atoms with Crippen LogP contribution in [0.2, 0.25) is 0 Å². The van der Waals surface area contributed by atoms with Gasteiger partial charge in [0.05, 0.1) is 12.7 Å². The molecule has 0 aliphatic carbocycles. The van der Waals surface area contributed by atoms with Gasteiger partial charge in [0.15, 0.2) is 0 Å². The van der Waals surface area contributed by atoms with Gasteiger partial charge in [-0.2, -0.15) is 4.98 Å². The third-order valence-electron chi connectivity index (χ3n) is 2.90. The zero-order valence-electron chi connectivity index (χ0n) is 13.3. The van der Waals surface area contributed by atoms with Crippen LogP contribution in [0.3, 0.4) is 0 Å². The SMILES string of the molecule is COc1ccccc1-c1noc(CCC(=O)NC(C)(C)C)n1. The van der Waals surface area contributed by atoms with Gasteiger partial charge in [-0.3, -0.25) is 4.79 Å². The van der Waals surface area contributed by atoms with Crippen molar-refractivity contribution in [3.63, 3.8) is 0 Å². The molecule has 0 spiro atoms. The smallest absolute Gasteiger partial charge is 0.227 e. The highest BCUT2D eigenvalue weighted by molar-refractivity contribution is 5.76. The lowest BCUT2D eigenvalue weighted by Gasteiger charge is -2.20. The average Bonchev–Trinajstić information content (AvgIpc) is 2.92. The molecule has 0 bridgehead atoms. The topological polar surface area (TPSA) is 77.2 Å². The zero-order valence-corrected chi connectivity index (χ0v) is 13.3. The van der Waals surface area contributed by atoms with Crippen LogP contribution < -0.4 is 10.1 Å². The van der Waals surface area contributed by atoms with E-state index in [2.05, 4.69) is 15.5 Å². The maximum atomic E-state index is 11.8. The van der Waals surface area contributed by atoms with Crippen LogP contribution in [0.4, 0.5) is 0 Å². The van der Waals surface area contributed by atoms with Crippen molar-refractivity contribution in [2.24, 2.45) is 0 Å². The Balaban J connectivity index is 2.02. The third kappa shape index (κ3) is 4.31. The molecule has 0 atom stereocenters. The lowest BCUT2D eigenvalue weighted by Crippen LogP contribution is -2.40. The monoisotopic (exact) mass is 303 g/mol. The largest absolute Gasteiger partial charge is 0.496 e. The van der Waals surface area contributed by atoms with E-state index < -0.39 is 0 Å². The normalized spacial score (nSPS) is 11.3. The Hall–Kier alpha value is -2.37. The number of carbonyl (C=O) groups excluding carboxylic acids is 1. The van der Waals surface area contributed by atoms with Gasteiger partial charge < -0.3 is 14.6 Å². The number of benzene rings is 1. The number of nitrogens with one attached hydrogen (secondary N) is 1. The molecule has 0 aliphatic heterocycles. The summed E-state index contributed by atoms with van der Waals surface area (Å²) in [5.74, 6) is 1.54. The number of aryl methyl sites for hydroxylation is 1. The Morgan fingerprint density at radius 1 is 1.32 bits per heavy atom. The first-order valence-corrected chi connectivity index (χ1v) is 7.16. The minimum atomic E-state index is -0.242. The predicted octanol–water partition coefficient (Wildman–Crippen LogP) is 2.59. The van der Waals surface area contributed by atoms with E-state index in [1.807, 2.05) is 45.0 Å². The number of nitrogens with zero attached hydrogens (tertiary/aromatic N) is 2. The van der Waals surface area contributed by atoms with Crippen LogP contribution in [-0.4, -0.2) is 28.7 Å². The van der Waals surface area contributed by atoms with Gasteiger partial charge in [0.1, 0.15) is 5.75 Å². The Kier molecular flexibility index (Phi) is 4.80. The van der Waals surface area contributed by atoms with Crippen LogP contribution in [0.15, 0.2) is 28.8 Å². The molecule has 22 heavy (non-hydrogen) atoms. The van der Waals surface area contributed by atoms with Gasteiger partial charge in [0.2, 0.25) is 17.6 Å². The minimum absolute atomic E-state index is 0.0375. The van der Waals surface area contributed by atoms with Crippen molar-refractivity contribution in [2.45, 2.75) is 39.2 Å². The summed E-state index contributed by atoms with van der Waals surface area (Å²) in [6, 6.07) is 7.45. The molecule has 0 radical (unpaired) electrons. The molecule has 1 aromatic heterocycles. The summed E-state index contributed by atoms with van der Waals surface area (Å²) in [6.45, 7) is 5.83. The molecule has 1 aromatic carbocycles. The first kappa shape index (κ1) is 16.0. The summed E-state index contributed by atoms with van der Waals surface area (Å²) in [7, 11) is 1.59. The molecule has 118 valence electrons. The van der Waals surface area contributed by atoms with Crippen LogP contribution in [0, 0.1) is 0 Å². The maximum Gasteiger partial charge on any atom is 0.227 e. The van der Waals surface area contributed by atoms with Gasteiger partial charge in [0, 0.05) is 18.4 Å². The summed E-state index contributed by atoms with van der Waals surface area (Å²) < 4.78 is 10.5. The van der Waals surface area contributed by atoms with Crippen LogP contribution in [-0.2, 0) is 11.2 Å². The first-order chi connectivity index (χ1) is 10.4. The quantitative estimate of drug-likeness (QED) is 0.918. The van der Waals surface area contributed by atoms with Crippen molar-refractivity contribution in [2.75, 3.05) is 7.11 Å².